The van der Waals surface area contributed by atoms with Crippen LogP contribution in [0, 0.1) is 13.8 Å². The van der Waals surface area contributed by atoms with Crippen molar-refractivity contribution in [3.8, 4) is 0 Å². The first-order chi connectivity index (χ1) is 12.7. The van der Waals surface area contributed by atoms with Crippen LogP contribution in [0.5, 0.6) is 0 Å². The lowest BCUT2D eigenvalue weighted by atomic mass is 10.00. The lowest BCUT2D eigenvalue weighted by Crippen LogP contribution is -2.30. The summed E-state index contributed by atoms with van der Waals surface area (Å²) in [4.78, 5) is 7.15. The van der Waals surface area contributed by atoms with Crippen LogP contribution in [0.15, 0.2) is 48.7 Å². The predicted octanol–water partition coefficient (Wildman–Crippen LogP) is 6.43. The van der Waals surface area contributed by atoms with Gasteiger partial charge >= 0.3 is 0 Å². The first kappa shape index (κ1) is 19.4. The van der Waals surface area contributed by atoms with Crippen molar-refractivity contribution in [2.75, 3.05) is 18.0 Å². The molecule has 0 saturated carbocycles. The van der Waals surface area contributed by atoms with Crippen molar-refractivity contribution in [1.29, 1.82) is 0 Å². The van der Waals surface area contributed by atoms with Gasteiger partial charge in [-0.2, -0.15) is 0 Å². The van der Waals surface area contributed by atoms with Gasteiger partial charge in [-0.1, -0.05) is 42.5 Å². The first-order valence-corrected chi connectivity index (χ1v) is 9.60. The molecule has 1 aliphatic rings. The molecular weight excluding hydrogens is 352 g/mol. The van der Waals surface area contributed by atoms with Crippen molar-refractivity contribution in [1.82, 2.24) is 4.98 Å². The Bertz CT molecular complexity index is 956. The van der Waals surface area contributed by atoms with E-state index < -0.39 is 0 Å². The number of hydrogen-bond acceptors (Lipinski definition) is 2. The van der Waals surface area contributed by atoms with Crippen LogP contribution in [0.4, 0.5) is 5.69 Å². The number of aromatic nitrogens is 1. The highest BCUT2D eigenvalue weighted by Crippen LogP contribution is 2.26. The standard InChI is InChI=1S/C24H26N2.ClH/c1-18-10-11-20(23-9-5-4-8-22(18)23)12-13-21-16-24(19(2)17-25-21)26-14-6-3-7-15-26;/h4-5,8-13,16-17H,3,6-7,14-15H2,1-2H3;1H. The maximum Gasteiger partial charge on any atom is 0.0650 e. The molecule has 2 heterocycles. The summed E-state index contributed by atoms with van der Waals surface area (Å²) in [5.41, 5.74) is 6.20. The van der Waals surface area contributed by atoms with Crippen molar-refractivity contribution in [2.45, 2.75) is 33.1 Å². The summed E-state index contributed by atoms with van der Waals surface area (Å²) < 4.78 is 0. The van der Waals surface area contributed by atoms with E-state index >= 15 is 0 Å². The Morgan fingerprint density at radius 2 is 1.59 bits per heavy atom. The lowest BCUT2D eigenvalue weighted by Gasteiger charge is -2.30. The average molecular weight is 379 g/mol. The zero-order chi connectivity index (χ0) is 17.9. The Morgan fingerprint density at radius 3 is 2.37 bits per heavy atom. The van der Waals surface area contributed by atoms with E-state index in [0.29, 0.717) is 0 Å². The van der Waals surface area contributed by atoms with Gasteiger partial charge in [0, 0.05) is 25.0 Å². The summed E-state index contributed by atoms with van der Waals surface area (Å²) in [6.45, 7) is 6.66. The van der Waals surface area contributed by atoms with Crippen molar-refractivity contribution >= 4 is 41.0 Å². The van der Waals surface area contributed by atoms with Crippen molar-refractivity contribution in [2.24, 2.45) is 0 Å². The first-order valence-electron chi connectivity index (χ1n) is 9.60. The van der Waals surface area contributed by atoms with E-state index in [-0.39, 0.29) is 12.4 Å². The molecule has 1 saturated heterocycles. The zero-order valence-corrected chi connectivity index (χ0v) is 16.9. The molecule has 0 spiro atoms. The monoisotopic (exact) mass is 378 g/mol. The molecule has 1 aromatic heterocycles. The maximum atomic E-state index is 4.63. The van der Waals surface area contributed by atoms with Gasteiger partial charge < -0.3 is 4.90 Å². The number of pyridine rings is 1. The van der Waals surface area contributed by atoms with E-state index in [1.54, 1.807) is 0 Å². The van der Waals surface area contributed by atoms with Crippen LogP contribution in [0.2, 0.25) is 0 Å². The van der Waals surface area contributed by atoms with Crippen LogP contribution in [0.3, 0.4) is 0 Å². The van der Waals surface area contributed by atoms with Gasteiger partial charge in [0.1, 0.15) is 0 Å². The van der Waals surface area contributed by atoms with Crippen LogP contribution in [-0.4, -0.2) is 18.1 Å². The molecule has 0 bridgehead atoms. The predicted molar refractivity (Wildman–Crippen MR) is 120 cm³/mol. The molecule has 27 heavy (non-hydrogen) atoms. The molecule has 0 amide bonds. The fourth-order valence-corrected chi connectivity index (χ4v) is 3.89. The molecule has 1 aliphatic heterocycles. The quantitative estimate of drug-likeness (QED) is 0.521. The Hall–Kier alpha value is -2.32. The molecule has 140 valence electrons. The molecule has 0 unspecified atom stereocenters. The molecule has 4 rings (SSSR count). The van der Waals surface area contributed by atoms with Crippen LogP contribution in [0.1, 0.15) is 41.6 Å². The third-order valence-electron chi connectivity index (χ3n) is 5.40. The van der Waals surface area contributed by atoms with Gasteiger partial charge in [-0.25, -0.2) is 0 Å². The molecule has 3 heteroatoms. The summed E-state index contributed by atoms with van der Waals surface area (Å²) >= 11 is 0. The third-order valence-corrected chi connectivity index (χ3v) is 5.40. The number of aryl methyl sites for hydroxylation is 2. The molecule has 2 nitrogen and oxygen atoms in total. The van der Waals surface area contributed by atoms with Gasteiger partial charge in [-0.3, -0.25) is 4.98 Å². The number of halogens is 1. The van der Waals surface area contributed by atoms with Gasteiger partial charge in [0.2, 0.25) is 0 Å². The van der Waals surface area contributed by atoms with Crippen molar-refractivity contribution < 1.29 is 0 Å². The molecule has 0 atom stereocenters. The normalized spacial score (nSPS) is 14.5. The second-order valence-electron chi connectivity index (χ2n) is 7.29. The van der Waals surface area contributed by atoms with E-state index in [1.807, 2.05) is 6.20 Å². The summed E-state index contributed by atoms with van der Waals surface area (Å²) in [5, 5.41) is 2.62. The smallest absolute Gasteiger partial charge is 0.0650 e. The Kier molecular flexibility index (Phi) is 6.18. The number of hydrogen-bond donors (Lipinski definition) is 0. The van der Waals surface area contributed by atoms with E-state index in [2.05, 4.69) is 78.3 Å². The topological polar surface area (TPSA) is 16.1 Å². The molecular formula is C24H27ClN2. The minimum absolute atomic E-state index is 0. The van der Waals surface area contributed by atoms with E-state index in [0.717, 1.165) is 18.8 Å². The average Bonchev–Trinajstić information content (AvgIpc) is 2.69. The summed E-state index contributed by atoms with van der Waals surface area (Å²) in [6, 6.07) is 15.3. The summed E-state index contributed by atoms with van der Waals surface area (Å²) in [5.74, 6) is 0. The summed E-state index contributed by atoms with van der Waals surface area (Å²) in [6.07, 6.45) is 10.3. The van der Waals surface area contributed by atoms with Crippen LogP contribution >= 0.6 is 12.4 Å². The molecule has 0 aliphatic carbocycles. The van der Waals surface area contributed by atoms with Gasteiger partial charge in [-0.15, -0.1) is 12.4 Å². The summed E-state index contributed by atoms with van der Waals surface area (Å²) in [7, 11) is 0. The fourth-order valence-electron chi connectivity index (χ4n) is 3.89. The van der Waals surface area contributed by atoms with Gasteiger partial charge in [0.15, 0.2) is 0 Å². The Labute approximate surface area is 168 Å². The number of nitrogens with zero attached hydrogens (tertiary/aromatic N) is 2. The highest BCUT2D eigenvalue weighted by molar-refractivity contribution is 5.94. The number of anilines is 1. The molecule has 0 N–H and O–H groups in total. The Balaban J connectivity index is 0.00000210. The van der Waals surface area contributed by atoms with Crippen LogP contribution in [0.25, 0.3) is 22.9 Å². The van der Waals surface area contributed by atoms with E-state index in [4.69, 9.17) is 0 Å². The fraction of sp³-hybridized carbons (Fsp3) is 0.292. The number of piperidine rings is 1. The highest BCUT2D eigenvalue weighted by Gasteiger charge is 2.13. The number of fused-ring (bicyclic) bond motifs is 1. The van der Waals surface area contributed by atoms with Crippen LogP contribution < -0.4 is 4.90 Å². The van der Waals surface area contributed by atoms with Crippen molar-refractivity contribution in [3.63, 3.8) is 0 Å². The second kappa shape index (κ2) is 8.58. The van der Waals surface area contributed by atoms with E-state index in [1.165, 1.54) is 52.4 Å². The molecule has 0 radical (unpaired) electrons. The minimum atomic E-state index is 0. The molecule has 3 aromatic rings. The number of benzene rings is 2. The van der Waals surface area contributed by atoms with Gasteiger partial charge in [-0.05, 0) is 72.7 Å². The maximum absolute atomic E-state index is 4.63. The van der Waals surface area contributed by atoms with E-state index in [9.17, 15) is 0 Å². The third kappa shape index (κ3) is 4.17. The second-order valence-corrected chi connectivity index (χ2v) is 7.29. The van der Waals surface area contributed by atoms with Gasteiger partial charge in [0.05, 0.1) is 5.69 Å². The SMILES string of the molecule is Cc1cnc(C=Cc2ccc(C)c3ccccc23)cc1N1CCCCC1.Cl. The molecule has 1 fully saturated rings. The lowest BCUT2D eigenvalue weighted by molar-refractivity contribution is 0.577. The molecule has 2 aromatic carbocycles. The zero-order valence-electron chi connectivity index (χ0n) is 16.1. The largest absolute Gasteiger partial charge is 0.371 e. The number of rotatable bonds is 3. The van der Waals surface area contributed by atoms with Crippen molar-refractivity contribution in [3.05, 3.63) is 71.0 Å². The Morgan fingerprint density at radius 1 is 0.852 bits per heavy atom. The van der Waals surface area contributed by atoms with Gasteiger partial charge in [0.25, 0.3) is 0 Å². The highest BCUT2D eigenvalue weighted by atomic mass is 35.5. The minimum Gasteiger partial charge on any atom is -0.371 e. The van der Waals surface area contributed by atoms with Crippen LogP contribution in [-0.2, 0) is 0 Å².